The molecule has 0 bridgehead atoms. The van der Waals surface area contributed by atoms with Crippen LogP contribution in [0.25, 0.3) is 0 Å². The summed E-state index contributed by atoms with van der Waals surface area (Å²) in [7, 11) is 1.48. The predicted molar refractivity (Wildman–Crippen MR) is 110 cm³/mol. The van der Waals surface area contributed by atoms with Crippen LogP contribution in [0, 0.1) is 11.7 Å². The van der Waals surface area contributed by atoms with Gasteiger partial charge in [0.1, 0.15) is 0 Å². The molecule has 162 valence electrons. The summed E-state index contributed by atoms with van der Waals surface area (Å²) in [5.74, 6) is -0.358. The molecule has 0 aliphatic heterocycles. The highest BCUT2D eigenvalue weighted by Gasteiger charge is 2.18. The number of para-hydroxylation sites is 1. The molecular weight excluding hydrogens is 391 g/mol. The first kappa shape index (κ1) is 23.0. The number of hydrazine groups is 1. The Morgan fingerprint density at radius 1 is 1.00 bits per heavy atom. The van der Waals surface area contributed by atoms with Gasteiger partial charge in [0.25, 0.3) is 11.8 Å². The Morgan fingerprint density at radius 3 is 2.40 bits per heavy atom. The number of amides is 2. The van der Waals surface area contributed by atoms with E-state index in [1.807, 2.05) is 0 Å². The fourth-order valence-electron chi connectivity index (χ4n) is 2.41. The molecule has 0 aliphatic rings. The van der Waals surface area contributed by atoms with Crippen LogP contribution in [0.2, 0.25) is 0 Å². The van der Waals surface area contributed by atoms with Crippen molar-refractivity contribution in [3.05, 3.63) is 53.8 Å². The highest BCUT2D eigenvalue weighted by atomic mass is 19.1. The van der Waals surface area contributed by atoms with Gasteiger partial charge in [-0.1, -0.05) is 26.0 Å². The van der Waals surface area contributed by atoms with Gasteiger partial charge in [0.05, 0.1) is 13.7 Å². The maximum Gasteiger partial charge on any atom is 0.279 e. The Bertz CT molecular complexity index is 872. The molecule has 2 aromatic carbocycles. The molecule has 0 spiro atoms. The van der Waals surface area contributed by atoms with E-state index in [1.54, 1.807) is 18.2 Å². The first-order valence-electron chi connectivity index (χ1n) is 9.64. The number of halogens is 1. The second-order valence-electron chi connectivity index (χ2n) is 7.03. The Labute approximate surface area is 175 Å². The van der Waals surface area contributed by atoms with Crippen LogP contribution in [0.1, 0.15) is 37.6 Å². The van der Waals surface area contributed by atoms with Crippen molar-refractivity contribution >= 4 is 11.8 Å². The lowest BCUT2D eigenvalue weighted by Crippen LogP contribution is -2.47. The zero-order valence-electron chi connectivity index (χ0n) is 17.5. The van der Waals surface area contributed by atoms with E-state index in [9.17, 15) is 14.0 Å². The Balaban J connectivity index is 1.92. The molecule has 0 radical (unpaired) electrons. The third-order valence-corrected chi connectivity index (χ3v) is 4.19. The molecule has 2 amide bonds. The lowest BCUT2D eigenvalue weighted by atomic mass is 10.1. The molecule has 0 aliphatic carbocycles. The third kappa shape index (κ3) is 6.65. The summed E-state index contributed by atoms with van der Waals surface area (Å²) in [5, 5.41) is 0. The molecule has 2 N–H and O–H groups in total. The summed E-state index contributed by atoms with van der Waals surface area (Å²) in [6.07, 6.45) is -0.127. The number of hydrogen-bond donors (Lipinski definition) is 2. The van der Waals surface area contributed by atoms with E-state index < -0.39 is 23.7 Å². The van der Waals surface area contributed by atoms with E-state index >= 15 is 0 Å². The average molecular weight is 418 g/mol. The van der Waals surface area contributed by atoms with Crippen LogP contribution in [0.3, 0.4) is 0 Å². The van der Waals surface area contributed by atoms with Gasteiger partial charge in [-0.15, -0.1) is 0 Å². The molecule has 7 nitrogen and oxygen atoms in total. The summed E-state index contributed by atoms with van der Waals surface area (Å²) in [5.41, 5.74) is 4.83. The van der Waals surface area contributed by atoms with Crippen LogP contribution in [0.5, 0.6) is 17.2 Å². The largest absolute Gasteiger partial charge is 0.493 e. The van der Waals surface area contributed by atoms with E-state index in [4.69, 9.17) is 14.2 Å². The SMILES string of the molecule is COc1cc(C(=O)NNC(=O)[C@H](C)Oc2ccccc2F)ccc1OCCC(C)C. The van der Waals surface area contributed by atoms with E-state index in [2.05, 4.69) is 24.7 Å². The van der Waals surface area contributed by atoms with Crippen LogP contribution in [-0.2, 0) is 4.79 Å². The number of hydrogen-bond acceptors (Lipinski definition) is 5. The molecular formula is C22H27FN2O5. The maximum atomic E-state index is 13.6. The molecule has 2 aromatic rings. The van der Waals surface area contributed by atoms with Gasteiger partial charge in [-0.25, -0.2) is 4.39 Å². The highest BCUT2D eigenvalue weighted by Crippen LogP contribution is 2.28. The van der Waals surface area contributed by atoms with Gasteiger partial charge in [-0.05, 0) is 49.6 Å². The number of ether oxygens (including phenoxy) is 3. The smallest absolute Gasteiger partial charge is 0.279 e. The highest BCUT2D eigenvalue weighted by molar-refractivity contribution is 5.96. The third-order valence-electron chi connectivity index (χ3n) is 4.19. The van der Waals surface area contributed by atoms with Gasteiger partial charge in [0.15, 0.2) is 29.2 Å². The van der Waals surface area contributed by atoms with Gasteiger partial charge in [0, 0.05) is 5.56 Å². The first-order valence-corrected chi connectivity index (χ1v) is 9.64. The van der Waals surface area contributed by atoms with Crippen LogP contribution in [-0.4, -0.2) is 31.6 Å². The van der Waals surface area contributed by atoms with E-state index in [-0.39, 0.29) is 11.3 Å². The Hall–Kier alpha value is -3.29. The van der Waals surface area contributed by atoms with Crippen molar-refractivity contribution < 1.29 is 28.2 Å². The van der Waals surface area contributed by atoms with Gasteiger partial charge in [-0.2, -0.15) is 0 Å². The zero-order chi connectivity index (χ0) is 22.1. The summed E-state index contributed by atoms with van der Waals surface area (Å²) >= 11 is 0. The minimum atomic E-state index is -1.02. The van der Waals surface area contributed by atoms with Crippen LogP contribution in [0.15, 0.2) is 42.5 Å². The summed E-state index contributed by atoms with van der Waals surface area (Å²) in [6.45, 7) is 6.19. The summed E-state index contributed by atoms with van der Waals surface area (Å²) in [6, 6.07) is 10.5. The first-order chi connectivity index (χ1) is 14.3. The summed E-state index contributed by atoms with van der Waals surface area (Å²) < 4.78 is 29.9. The summed E-state index contributed by atoms with van der Waals surface area (Å²) in [4.78, 5) is 24.5. The number of benzene rings is 2. The molecule has 0 fully saturated rings. The quantitative estimate of drug-likeness (QED) is 0.609. The zero-order valence-corrected chi connectivity index (χ0v) is 17.5. The molecule has 1 atom stereocenters. The van der Waals surface area contributed by atoms with Gasteiger partial charge in [0.2, 0.25) is 0 Å². The van der Waals surface area contributed by atoms with Crippen molar-refractivity contribution in [2.75, 3.05) is 13.7 Å². The monoisotopic (exact) mass is 418 g/mol. The van der Waals surface area contributed by atoms with Crippen molar-refractivity contribution in [1.82, 2.24) is 10.9 Å². The van der Waals surface area contributed by atoms with Crippen molar-refractivity contribution in [2.24, 2.45) is 5.92 Å². The topological polar surface area (TPSA) is 85.9 Å². The van der Waals surface area contributed by atoms with Gasteiger partial charge in [-0.3, -0.25) is 20.4 Å². The lowest BCUT2D eigenvalue weighted by Gasteiger charge is -2.16. The van der Waals surface area contributed by atoms with Crippen LogP contribution < -0.4 is 25.1 Å². The van der Waals surface area contributed by atoms with Crippen molar-refractivity contribution in [1.29, 1.82) is 0 Å². The standard InChI is InChI=1S/C22H27FN2O5/c1-14(2)11-12-29-19-10-9-16(13-20(19)28-4)22(27)25-24-21(26)15(3)30-18-8-6-5-7-17(18)23/h5-10,13-15H,11-12H2,1-4H3,(H,24,26)(H,25,27)/t15-/m0/s1. The van der Waals surface area contributed by atoms with Crippen molar-refractivity contribution in [3.63, 3.8) is 0 Å². The van der Waals surface area contributed by atoms with E-state index in [0.717, 1.165) is 6.42 Å². The molecule has 0 aromatic heterocycles. The average Bonchev–Trinajstić information content (AvgIpc) is 2.73. The second kappa shape index (κ2) is 11.0. The fraction of sp³-hybridized carbons (Fsp3) is 0.364. The molecule has 0 heterocycles. The van der Waals surface area contributed by atoms with Crippen molar-refractivity contribution in [3.8, 4) is 17.2 Å². The molecule has 2 rings (SSSR count). The molecule has 8 heteroatoms. The van der Waals surface area contributed by atoms with Crippen LogP contribution in [0.4, 0.5) is 4.39 Å². The minimum absolute atomic E-state index is 0.0516. The molecule has 30 heavy (non-hydrogen) atoms. The molecule has 0 saturated carbocycles. The van der Waals surface area contributed by atoms with Gasteiger partial charge >= 0.3 is 0 Å². The van der Waals surface area contributed by atoms with E-state index in [1.165, 1.54) is 38.3 Å². The normalized spacial score (nSPS) is 11.5. The number of carbonyl (C=O) groups is 2. The Morgan fingerprint density at radius 2 is 1.73 bits per heavy atom. The maximum absolute atomic E-state index is 13.6. The van der Waals surface area contributed by atoms with Crippen LogP contribution >= 0.6 is 0 Å². The predicted octanol–water partition coefficient (Wildman–Crippen LogP) is 3.49. The van der Waals surface area contributed by atoms with Crippen molar-refractivity contribution in [2.45, 2.75) is 33.3 Å². The van der Waals surface area contributed by atoms with E-state index in [0.29, 0.717) is 24.0 Å². The molecule has 0 saturated heterocycles. The number of carbonyl (C=O) groups excluding carboxylic acids is 2. The second-order valence-corrected chi connectivity index (χ2v) is 7.03. The lowest BCUT2D eigenvalue weighted by molar-refractivity contribution is -0.128. The van der Waals surface area contributed by atoms with Gasteiger partial charge < -0.3 is 14.2 Å². The number of methoxy groups -OCH3 is 1. The fourth-order valence-corrected chi connectivity index (χ4v) is 2.41. The molecule has 0 unspecified atom stereocenters. The Kier molecular flexibility index (Phi) is 8.46. The minimum Gasteiger partial charge on any atom is -0.493 e. The number of rotatable bonds is 9. The number of nitrogens with one attached hydrogen (secondary N) is 2.